The van der Waals surface area contributed by atoms with Gasteiger partial charge in [0.2, 0.25) is 0 Å². The van der Waals surface area contributed by atoms with E-state index in [2.05, 4.69) is 46.9 Å². The largest absolute Gasteiger partial charge is 0.459 e. The van der Waals surface area contributed by atoms with Gasteiger partial charge in [-0.1, -0.05) is 22.0 Å². The van der Waals surface area contributed by atoms with Crippen LogP contribution in [-0.2, 0) is 0 Å². The molecule has 0 spiro atoms. The monoisotopic (exact) mass is 339 g/mol. The Kier molecular flexibility index (Phi) is 5.55. The van der Waals surface area contributed by atoms with Crippen LogP contribution in [0.1, 0.15) is 18.7 Å². The third-order valence-corrected chi connectivity index (χ3v) is 4.31. The van der Waals surface area contributed by atoms with Gasteiger partial charge in [-0.3, -0.25) is 0 Å². The molecule has 0 aliphatic carbocycles. The molecule has 0 aliphatic heterocycles. The molecule has 4 heteroatoms. The molecule has 2 rings (SSSR count). The second-order valence-electron chi connectivity index (χ2n) is 4.37. The number of nitrogens with one attached hydrogen (secondary N) is 1. The SMILES string of the molecule is C=CCSCCNC(C)c1cc2cc(Br)ccc2o1. The zero-order valence-corrected chi connectivity index (χ0v) is 13.4. The summed E-state index contributed by atoms with van der Waals surface area (Å²) in [7, 11) is 0. The van der Waals surface area contributed by atoms with Gasteiger partial charge in [0, 0.05) is 27.9 Å². The van der Waals surface area contributed by atoms with E-state index in [-0.39, 0.29) is 6.04 Å². The van der Waals surface area contributed by atoms with Crippen LogP contribution in [0.4, 0.5) is 0 Å². The topological polar surface area (TPSA) is 25.2 Å². The van der Waals surface area contributed by atoms with Crippen molar-refractivity contribution in [3.63, 3.8) is 0 Å². The van der Waals surface area contributed by atoms with E-state index in [0.29, 0.717) is 0 Å². The highest BCUT2D eigenvalue weighted by Gasteiger charge is 2.10. The Hall–Kier alpha value is -0.710. The normalized spacial score (nSPS) is 12.7. The highest BCUT2D eigenvalue weighted by molar-refractivity contribution is 9.10. The van der Waals surface area contributed by atoms with Crippen LogP contribution in [-0.4, -0.2) is 18.1 Å². The smallest absolute Gasteiger partial charge is 0.134 e. The molecule has 1 atom stereocenters. The third-order valence-electron chi connectivity index (χ3n) is 2.86. The van der Waals surface area contributed by atoms with E-state index in [0.717, 1.165) is 39.3 Å². The molecule has 1 heterocycles. The predicted molar refractivity (Wildman–Crippen MR) is 87.9 cm³/mol. The van der Waals surface area contributed by atoms with E-state index in [1.807, 2.05) is 30.0 Å². The Balaban J connectivity index is 1.93. The first-order valence-corrected chi connectivity index (χ1v) is 8.26. The predicted octanol–water partition coefficient (Wildman–Crippen LogP) is 4.77. The van der Waals surface area contributed by atoms with Gasteiger partial charge in [0.1, 0.15) is 11.3 Å². The Labute approximate surface area is 126 Å². The molecule has 0 bridgehead atoms. The minimum atomic E-state index is 0.232. The van der Waals surface area contributed by atoms with Crippen LogP contribution in [0, 0.1) is 0 Å². The second kappa shape index (κ2) is 7.17. The number of furan rings is 1. The summed E-state index contributed by atoms with van der Waals surface area (Å²) in [5, 5.41) is 4.61. The lowest BCUT2D eigenvalue weighted by Crippen LogP contribution is -2.20. The van der Waals surface area contributed by atoms with Crippen LogP contribution in [0.2, 0.25) is 0 Å². The molecule has 1 unspecified atom stereocenters. The van der Waals surface area contributed by atoms with Gasteiger partial charge in [-0.05, 0) is 31.2 Å². The number of rotatable bonds is 7. The Bertz CT molecular complexity index is 552. The molecule has 0 radical (unpaired) electrons. The zero-order valence-electron chi connectivity index (χ0n) is 11.0. The average molecular weight is 340 g/mol. The number of hydrogen-bond acceptors (Lipinski definition) is 3. The minimum Gasteiger partial charge on any atom is -0.459 e. The third kappa shape index (κ3) is 4.13. The summed E-state index contributed by atoms with van der Waals surface area (Å²) in [5.74, 6) is 3.08. The first-order chi connectivity index (χ1) is 9.20. The van der Waals surface area contributed by atoms with Gasteiger partial charge in [-0.15, -0.1) is 6.58 Å². The number of fused-ring (bicyclic) bond motifs is 1. The highest BCUT2D eigenvalue weighted by atomic mass is 79.9. The van der Waals surface area contributed by atoms with Crippen LogP contribution in [0.15, 0.2) is 45.8 Å². The number of benzene rings is 1. The van der Waals surface area contributed by atoms with Crippen molar-refractivity contribution < 1.29 is 4.42 Å². The molecule has 0 aliphatic rings. The summed E-state index contributed by atoms with van der Waals surface area (Å²) in [4.78, 5) is 0. The Morgan fingerprint density at radius 2 is 2.32 bits per heavy atom. The molecule has 1 aromatic carbocycles. The van der Waals surface area contributed by atoms with Crippen molar-refractivity contribution in [2.45, 2.75) is 13.0 Å². The molecule has 0 saturated heterocycles. The van der Waals surface area contributed by atoms with Crippen LogP contribution in [0.25, 0.3) is 11.0 Å². The van der Waals surface area contributed by atoms with E-state index >= 15 is 0 Å². The maximum Gasteiger partial charge on any atom is 0.134 e. The van der Waals surface area contributed by atoms with Crippen molar-refractivity contribution in [1.82, 2.24) is 5.32 Å². The van der Waals surface area contributed by atoms with E-state index in [4.69, 9.17) is 4.42 Å². The van der Waals surface area contributed by atoms with Crippen LogP contribution in [0.5, 0.6) is 0 Å². The van der Waals surface area contributed by atoms with Crippen molar-refractivity contribution in [2.24, 2.45) is 0 Å². The van der Waals surface area contributed by atoms with Crippen LogP contribution < -0.4 is 5.32 Å². The van der Waals surface area contributed by atoms with Crippen molar-refractivity contribution >= 4 is 38.7 Å². The molecule has 19 heavy (non-hydrogen) atoms. The van der Waals surface area contributed by atoms with Gasteiger partial charge < -0.3 is 9.73 Å². The molecular formula is C15H18BrNOS. The van der Waals surface area contributed by atoms with E-state index in [1.165, 1.54) is 0 Å². The maximum atomic E-state index is 5.86. The van der Waals surface area contributed by atoms with Crippen molar-refractivity contribution in [3.8, 4) is 0 Å². The lowest BCUT2D eigenvalue weighted by atomic mass is 10.2. The number of halogens is 1. The highest BCUT2D eigenvalue weighted by Crippen LogP contribution is 2.26. The molecule has 1 aromatic heterocycles. The van der Waals surface area contributed by atoms with Crippen molar-refractivity contribution in [3.05, 3.63) is 47.2 Å². The first-order valence-electron chi connectivity index (χ1n) is 6.31. The molecule has 2 nitrogen and oxygen atoms in total. The molecule has 102 valence electrons. The zero-order chi connectivity index (χ0) is 13.7. The van der Waals surface area contributed by atoms with Crippen molar-refractivity contribution in [1.29, 1.82) is 0 Å². The molecule has 2 aromatic rings. The fourth-order valence-corrected chi connectivity index (χ4v) is 2.84. The van der Waals surface area contributed by atoms with E-state index in [9.17, 15) is 0 Å². The lowest BCUT2D eigenvalue weighted by molar-refractivity contribution is 0.460. The Morgan fingerprint density at radius 3 is 3.11 bits per heavy atom. The summed E-state index contributed by atoms with van der Waals surface area (Å²) in [5.41, 5.74) is 0.938. The summed E-state index contributed by atoms with van der Waals surface area (Å²) in [6, 6.07) is 8.41. The number of hydrogen-bond donors (Lipinski definition) is 1. The fourth-order valence-electron chi connectivity index (χ4n) is 1.86. The maximum absolute atomic E-state index is 5.86. The number of thioether (sulfide) groups is 1. The molecule has 1 N–H and O–H groups in total. The second-order valence-corrected chi connectivity index (χ2v) is 6.44. The van der Waals surface area contributed by atoms with E-state index in [1.54, 1.807) is 0 Å². The van der Waals surface area contributed by atoms with Gasteiger partial charge in [-0.25, -0.2) is 0 Å². The van der Waals surface area contributed by atoms with E-state index < -0.39 is 0 Å². The minimum absolute atomic E-state index is 0.232. The molecular weight excluding hydrogens is 322 g/mol. The summed E-state index contributed by atoms with van der Waals surface area (Å²) < 4.78 is 6.93. The van der Waals surface area contributed by atoms with Gasteiger partial charge in [-0.2, -0.15) is 11.8 Å². The molecule has 0 fully saturated rings. The summed E-state index contributed by atoms with van der Waals surface area (Å²) in [6.07, 6.45) is 1.94. The van der Waals surface area contributed by atoms with Gasteiger partial charge in [0.25, 0.3) is 0 Å². The summed E-state index contributed by atoms with van der Waals surface area (Å²) in [6.45, 7) is 6.81. The Morgan fingerprint density at radius 1 is 1.47 bits per heavy atom. The van der Waals surface area contributed by atoms with Gasteiger partial charge in [0.05, 0.1) is 6.04 Å². The quantitative estimate of drug-likeness (QED) is 0.581. The first kappa shape index (κ1) is 14.7. The summed E-state index contributed by atoms with van der Waals surface area (Å²) >= 11 is 5.36. The van der Waals surface area contributed by atoms with Gasteiger partial charge in [0.15, 0.2) is 0 Å². The molecule has 0 saturated carbocycles. The molecule has 0 amide bonds. The fraction of sp³-hybridized carbons (Fsp3) is 0.333. The lowest BCUT2D eigenvalue weighted by Gasteiger charge is -2.10. The standard InChI is InChI=1S/C15H18BrNOS/c1-3-7-19-8-6-17-11(2)15-10-12-9-13(16)4-5-14(12)18-15/h3-5,9-11,17H,1,6-8H2,2H3. The average Bonchev–Trinajstić information content (AvgIpc) is 2.81. The van der Waals surface area contributed by atoms with Crippen molar-refractivity contribution in [2.75, 3.05) is 18.1 Å². The van der Waals surface area contributed by atoms with Crippen LogP contribution >= 0.6 is 27.7 Å². The van der Waals surface area contributed by atoms with Gasteiger partial charge >= 0.3 is 0 Å². The van der Waals surface area contributed by atoms with Crippen LogP contribution in [0.3, 0.4) is 0 Å².